The minimum absolute atomic E-state index is 0.133. The van der Waals surface area contributed by atoms with E-state index in [9.17, 15) is 0 Å². The van der Waals surface area contributed by atoms with E-state index in [0.717, 1.165) is 45.7 Å². The van der Waals surface area contributed by atoms with Crippen molar-refractivity contribution in [2.24, 2.45) is 5.73 Å². The highest BCUT2D eigenvalue weighted by Crippen LogP contribution is 2.23. The van der Waals surface area contributed by atoms with Crippen LogP contribution in [0.15, 0.2) is 0 Å². The second kappa shape index (κ2) is 6.35. The molecule has 0 aromatic heterocycles. The van der Waals surface area contributed by atoms with Crippen LogP contribution in [0.25, 0.3) is 0 Å². The van der Waals surface area contributed by atoms with E-state index in [4.69, 9.17) is 19.9 Å². The SMILES string of the molecule is COCCCOC1(CN)CCOCC1. The van der Waals surface area contributed by atoms with Gasteiger partial charge < -0.3 is 19.9 Å². The Balaban J connectivity index is 2.22. The number of rotatable bonds is 6. The molecule has 1 rings (SSSR count). The van der Waals surface area contributed by atoms with Gasteiger partial charge in [0.15, 0.2) is 0 Å². The Kier molecular flexibility index (Phi) is 5.40. The topological polar surface area (TPSA) is 53.7 Å². The third kappa shape index (κ3) is 3.53. The quantitative estimate of drug-likeness (QED) is 0.640. The Morgan fingerprint density at radius 3 is 2.57 bits per heavy atom. The summed E-state index contributed by atoms with van der Waals surface area (Å²) in [5, 5.41) is 0. The number of methoxy groups -OCH3 is 1. The molecule has 0 aliphatic carbocycles. The van der Waals surface area contributed by atoms with Crippen molar-refractivity contribution < 1.29 is 14.2 Å². The highest BCUT2D eigenvalue weighted by atomic mass is 16.5. The zero-order valence-electron chi connectivity index (χ0n) is 8.96. The van der Waals surface area contributed by atoms with Gasteiger partial charge in [-0.05, 0) is 6.42 Å². The third-order valence-corrected chi connectivity index (χ3v) is 2.68. The van der Waals surface area contributed by atoms with E-state index in [-0.39, 0.29) is 5.60 Å². The first-order chi connectivity index (χ1) is 6.83. The first-order valence-electron chi connectivity index (χ1n) is 5.24. The Bertz CT molecular complexity index is 146. The molecular weight excluding hydrogens is 182 g/mol. The van der Waals surface area contributed by atoms with Crippen LogP contribution in [0.5, 0.6) is 0 Å². The summed E-state index contributed by atoms with van der Waals surface area (Å²) < 4.78 is 16.1. The second-order valence-electron chi connectivity index (χ2n) is 3.69. The zero-order valence-corrected chi connectivity index (χ0v) is 8.96. The summed E-state index contributed by atoms with van der Waals surface area (Å²) in [4.78, 5) is 0. The van der Waals surface area contributed by atoms with E-state index in [1.165, 1.54) is 0 Å². The molecule has 1 aliphatic rings. The van der Waals surface area contributed by atoms with Crippen molar-refractivity contribution in [2.75, 3.05) is 40.1 Å². The van der Waals surface area contributed by atoms with Crippen LogP contribution in [0, 0.1) is 0 Å². The number of hydrogen-bond acceptors (Lipinski definition) is 4. The Morgan fingerprint density at radius 1 is 1.29 bits per heavy atom. The van der Waals surface area contributed by atoms with Gasteiger partial charge in [0, 0.05) is 52.9 Å². The summed E-state index contributed by atoms with van der Waals surface area (Å²) in [5.41, 5.74) is 5.61. The van der Waals surface area contributed by atoms with Crippen LogP contribution in [-0.4, -0.2) is 45.7 Å². The van der Waals surface area contributed by atoms with E-state index in [1.54, 1.807) is 7.11 Å². The monoisotopic (exact) mass is 203 g/mol. The molecule has 0 bridgehead atoms. The van der Waals surface area contributed by atoms with Crippen LogP contribution in [0.2, 0.25) is 0 Å². The summed E-state index contributed by atoms with van der Waals surface area (Å²) in [7, 11) is 1.70. The fourth-order valence-corrected chi connectivity index (χ4v) is 1.64. The first-order valence-corrected chi connectivity index (χ1v) is 5.24. The van der Waals surface area contributed by atoms with Crippen molar-refractivity contribution in [2.45, 2.75) is 24.9 Å². The van der Waals surface area contributed by atoms with Crippen LogP contribution >= 0.6 is 0 Å². The predicted molar refractivity (Wildman–Crippen MR) is 54.3 cm³/mol. The molecule has 0 atom stereocenters. The molecule has 4 heteroatoms. The second-order valence-corrected chi connectivity index (χ2v) is 3.69. The van der Waals surface area contributed by atoms with Gasteiger partial charge in [0.25, 0.3) is 0 Å². The maximum Gasteiger partial charge on any atom is 0.0847 e. The molecule has 0 aromatic rings. The van der Waals surface area contributed by atoms with Gasteiger partial charge in [-0.25, -0.2) is 0 Å². The maximum absolute atomic E-state index is 5.84. The summed E-state index contributed by atoms with van der Waals surface area (Å²) >= 11 is 0. The van der Waals surface area contributed by atoms with Crippen LogP contribution < -0.4 is 5.73 Å². The highest BCUT2D eigenvalue weighted by Gasteiger charge is 2.31. The largest absolute Gasteiger partial charge is 0.385 e. The van der Waals surface area contributed by atoms with Crippen molar-refractivity contribution in [3.8, 4) is 0 Å². The van der Waals surface area contributed by atoms with Crippen molar-refractivity contribution in [3.05, 3.63) is 0 Å². The average Bonchev–Trinajstić information content (AvgIpc) is 2.26. The molecule has 0 unspecified atom stereocenters. The lowest BCUT2D eigenvalue weighted by atomic mass is 9.94. The normalized spacial score (nSPS) is 21.0. The third-order valence-electron chi connectivity index (χ3n) is 2.68. The molecule has 84 valence electrons. The van der Waals surface area contributed by atoms with Gasteiger partial charge in [-0.1, -0.05) is 0 Å². The summed E-state index contributed by atoms with van der Waals surface area (Å²) in [6, 6.07) is 0. The molecular formula is C10H21NO3. The number of nitrogens with two attached hydrogens (primary N) is 1. The van der Waals surface area contributed by atoms with Gasteiger partial charge in [0.2, 0.25) is 0 Å². The van der Waals surface area contributed by atoms with Crippen molar-refractivity contribution in [1.29, 1.82) is 0 Å². The molecule has 1 fully saturated rings. The molecule has 0 amide bonds. The minimum Gasteiger partial charge on any atom is -0.385 e. The Hall–Kier alpha value is -0.160. The average molecular weight is 203 g/mol. The van der Waals surface area contributed by atoms with E-state index >= 15 is 0 Å². The maximum atomic E-state index is 5.84. The van der Waals surface area contributed by atoms with Crippen LogP contribution in [0.3, 0.4) is 0 Å². The highest BCUT2D eigenvalue weighted by molar-refractivity contribution is 4.84. The lowest BCUT2D eigenvalue weighted by molar-refractivity contribution is -0.107. The van der Waals surface area contributed by atoms with Gasteiger partial charge in [-0.2, -0.15) is 0 Å². The molecule has 1 saturated heterocycles. The van der Waals surface area contributed by atoms with Crippen molar-refractivity contribution >= 4 is 0 Å². The molecule has 1 heterocycles. The lowest BCUT2D eigenvalue weighted by Crippen LogP contribution is -2.45. The predicted octanol–water partition coefficient (Wildman–Crippen LogP) is 0.547. The van der Waals surface area contributed by atoms with Crippen LogP contribution in [0.4, 0.5) is 0 Å². The molecule has 0 spiro atoms. The van der Waals surface area contributed by atoms with Crippen LogP contribution in [0.1, 0.15) is 19.3 Å². The number of ether oxygens (including phenoxy) is 3. The Labute approximate surface area is 85.7 Å². The first kappa shape index (κ1) is 11.9. The van der Waals surface area contributed by atoms with Gasteiger partial charge in [0.1, 0.15) is 0 Å². The van der Waals surface area contributed by atoms with E-state index in [0.29, 0.717) is 6.54 Å². The van der Waals surface area contributed by atoms with Gasteiger partial charge in [0.05, 0.1) is 5.60 Å². The lowest BCUT2D eigenvalue weighted by Gasteiger charge is -2.36. The smallest absolute Gasteiger partial charge is 0.0847 e. The van der Waals surface area contributed by atoms with E-state index in [1.807, 2.05) is 0 Å². The number of hydrogen-bond donors (Lipinski definition) is 1. The fraction of sp³-hybridized carbons (Fsp3) is 1.00. The summed E-state index contributed by atoms with van der Waals surface area (Å²) in [6.07, 6.45) is 2.76. The molecule has 0 radical (unpaired) electrons. The Morgan fingerprint density at radius 2 is 2.00 bits per heavy atom. The fourth-order valence-electron chi connectivity index (χ4n) is 1.64. The summed E-state index contributed by atoms with van der Waals surface area (Å²) in [5.74, 6) is 0. The standard InChI is InChI=1S/C10H21NO3/c1-12-5-2-6-14-10(9-11)3-7-13-8-4-10/h2-9,11H2,1H3. The minimum atomic E-state index is -0.133. The summed E-state index contributed by atoms with van der Waals surface area (Å²) in [6.45, 7) is 3.59. The van der Waals surface area contributed by atoms with Gasteiger partial charge in [-0.15, -0.1) is 0 Å². The van der Waals surface area contributed by atoms with Gasteiger partial charge in [-0.3, -0.25) is 0 Å². The molecule has 2 N–H and O–H groups in total. The van der Waals surface area contributed by atoms with Crippen molar-refractivity contribution in [3.63, 3.8) is 0 Å². The molecule has 0 aromatic carbocycles. The molecule has 14 heavy (non-hydrogen) atoms. The van der Waals surface area contributed by atoms with Crippen LogP contribution in [-0.2, 0) is 14.2 Å². The zero-order chi connectivity index (χ0) is 10.3. The molecule has 0 saturated carbocycles. The van der Waals surface area contributed by atoms with Crippen molar-refractivity contribution in [1.82, 2.24) is 0 Å². The van der Waals surface area contributed by atoms with Gasteiger partial charge >= 0.3 is 0 Å². The van der Waals surface area contributed by atoms with E-state index in [2.05, 4.69) is 0 Å². The molecule has 1 aliphatic heterocycles. The van der Waals surface area contributed by atoms with E-state index < -0.39 is 0 Å². The molecule has 4 nitrogen and oxygen atoms in total.